The number of rotatable bonds is 5. The quantitative estimate of drug-likeness (QED) is 0.450. The van der Waals surface area contributed by atoms with E-state index < -0.39 is 23.1 Å². The minimum Gasteiger partial charge on any atom is -0.371 e. The Bertz CT molecular complexity index is 1270. The van der Waals surface area contributed by atoms with Crippen LogP contribution in [0.1, 0.15) is 25.0 Å². The minimum absolute atomic E-state index is 0.244. The van der Waals surface area contributed by atoms with Crippen molar-refractivity contribution in [2.45, 2.75) is 25.4 Å². The molecule has 3 aromatic rings. The van der Waals surface area contributed by atoms with Crippen LogP contribution in [0.2, 0.25) is 0 Å². The van der Waals surface area contributed by atoms with E-state index in [-0.39, 0.29) is 11.5 Å². The lowest BCUT2D eigenvalue weighted by molar-refractivity contribution is -0.137. The van der Waals surface area contributed by atoms with Crippen LogP contribution in [0.25, 0.3) is 10.2 Å². The maximum atomic E-state index is 13.1. The Hall–Kier alpha value is -3.05. The molecule has 1 aliphatic heterocycles. The lowest BCUT2D eigenvalue weighted by Gasteiger charge is -2.24. The summed E-state index contributed by atoms with van der Waals surface area (Å²) in [5, 5.41) is 10.6. The molecule has 2 heterocycles. The SMILES string of the molecule is CC(C)(C(=O)Nc1nc2ccc(NC(=O)C3=CSCN3)cc2s1)c1cccc(C(F)(F)F)c1. The van der Waals surface area contributed by atoms with E-state index in [2.05, 4.69) is 20.9 Å². The van der Waals surface area contributed by atoms with Crippen molar-refractivity contribution in [3.63, 3.8) is 0 Å². The Morgan fingerprint density at radius 3 is 2.52 bits per heavy atom. The van der Waals surface area contributed by atoms with E-state index in [1.54, 1.807) is 37.5 Å². The molecular weight excluding hydrogens is 473 g/mol. The first-order valence-electron chi connectivity index (χ1n) is 9.81. The van der Waals surface area contributed by atoms with Crippen LogP contribution in [0.15, 0.2) is 53.6 Å². The number of fused-ring (bicyclic) bond motifs is 1. The second-order valence-corrected chi connectivity index (χ2v) is 9.72. The number of thioether (sulfide) groups is 1. The Balaban J connectivity index is 1.51. The van der Waals surface area contributed by atoms with Crippen LogP contribution < -0.4 is 16.0 Å². The van der Waals surface area contributed by atoms with Gasteiger partial charge in [0, 0.05) is 11.1 Å². The monoisotopic (exact) mass is 492 g/mol. The van der Waals surface area contributed by atoms with Crippen LogP contribution in [-0.2, 0) is 21.2 Å². The molecule has 1 aliphatic rings. The summed E-state index contributed by atoms with van der Waals surface area (Å²) < 4.78 is 40.0. The highest BCUT2D eigenvalue weighted by Gasteiger charge is 2.35. The molecule has 0 unspecified atom stereocenters. The molecule has 0 aliphatic carbocycles. The average Bonchev–Trinajstić information content (AvgIpc) is 3.42. The van der Waals surface area contributed by atoms with Crippen molar-refractivity contribution in [1.82, 2.24) is 10.3 Å². The summed E-state index contributed by atoms with van der Waals surface area (Å²) in [5.41, 5.74) is -0.0873. The van der Waals surface area contributed by atoms with E-state index in [9.17, 15) is 22.8 Å². The Morgan fingerprint density at radius 2 is 1.82 bits per heavy atom. The Labute approximate surface area is 195 Å². The molecule has 0 saturated heterocycles. The van der Waals surface area contributed by atoms with Gasteiger partial charge in [0.05, 0.1) is 27.1 Å². The predicted molar refractivity (Wildman–Crippen MR) is 125 cm³/mol. The van der Waals surface area contributed by atoms with Gasteiger partial charge in [-0.1, -0.05) is 29.5 Å². The van der Waals surface area contributed by atoms with Gasteiger partial charge in [-0.25, -0.2) is 4.98 Å². The lowest BCUT2D eigenvalue weighted by Crippen LogP contribution is -2.35. The second-order valence-electron chi connectivity index (χ2n) is 7.83. The van der Waals surface area contributed by atoms with Gasteiger partial charge in [0.25, 0.3) is 5.91 Å². The Kier molecular flexibility index (Phi) is 6.10. The van der Waals surface area contributed by atoms with Crippen molar-refractivity contribution >= 4 is 55.9 Å². The zero-order valence-corrected chi connectivity index (χ0v) is 19.2. The van der Waals surface area contributed by atoms with Crippen LogP contribution in [0.5, 0.6) is 0 Å². The molecule has 6 nitrogen and oxygen atoms in total. The van der Waals surface area contributed by atoms with Crippen molar-refractivity contribution < 1.29 is 22.8 Å². The van der Waals surface area contributed by atoms with Gasteiger partial charge >= 0.3 is 6.18 Å². The first-order valence-corrected chi connectivity index (χ1v) is 11.7. The van der Waals surface area contributed by atoms with Crippen LogP contribution >= 0.6 is 23.1 Å². The highest BCUT2D eigenvalue weighted by atomic mass is 32.2. The molecule has 172 valence electrons. The van der Waals surface area contributed by atoms with Crippen molar-refractivity contribution in [1.29, 1.82) is 0 Å². The highest BCUT2D eigenvalue weighted by molar-refractivity contribution is 8.02. The molecule has 1 aromatic heterocycles. The smallest absolute Gasteiger partial charge is 0.371 e. The molecule has 4 rings (SSSR count). The van der Waals surface area contributed by atoms with Crippen LogP contribution in [0.3, 0.4) is 0 Å². The molecule has 0 bridgehead atoms. The zero-order valence-electron chi connectivity index (χ0n) is 17.5. The topological polar surface area (TPSA) is 83.1 Å². The normalized spacial score (nSPS) is 14.0. The summed E-state index contributed by atoms with van der Waals surface area (Å²) >= 11 is 2.71. The fourth-order valence-corrected chi connectivity index (χ4v) is 4.72. The van der Waals surface area contributed by atoms with E-state index in [1.807, 2.05) is 0 Å². The van der Waals surface area contributed by atoms with E-state index in [0.717, 1.165) is 16.8 Å². The summed E-state index contributed by atoms with van der Waals surface area (Å²) in [7, 11) is 0. The largest absolute Gasteiger partial charge is 0.416 e. The van der Waals surface area contributed by atoms with Gasteiger partial charge in [-0.3, -0.25) is 9.59 Å². The number of aromatic nitrogens is 1. The number of amides is 2. The molecule has 33 heavy (non-hydrogen) atoms. The van der Waals surface area contributed by atoms with Gasteiger partial charge in [0.15, 0.2) is 5.13 Å². The molecule has 0 atom stereocenters. The number of hydrogen-bond acceptors (Lipinski definition) is 6. The number of carbonyl (C=O) groups excluding carboxylic acids is 2. The molecule has 2 aromatic carbocycles. The molecule has 2 amide bonds. The summed E-state index contributed by atoms with van der Waals surface area (Å²) in [6.45, 7) is 3.12. The summed E-state index contributed by atoms with van der Waals surface area (Å²) in [5.74, 6) is -0.0809. The average molecular weight is 493 g/mol. The fraction of sp³-hybridized carbons (Fsp3) is 0.227. The minimum atomic E-state index is -4.49. The molecule has 0 spiro atoms. The zero-order chi connectivity index (χ0) is 23.8. The molecule has 0 fully saturated rings. The Morgan fingerprint density at radius 1 is 1.06 bits per heavy atom. The van der Waals surface area contributed by atoms with Gasteiger partial charge in [0.2, 0.25) is 5.91 Å². The molecule has 11 heteroatoms. The maximum Gasteiger partial charge on any atom is 0.416 e. The number of nitrogens with one attached hydrogen (secondary N) is 3. The summed E-state index contributed by atoms with van der Waals surface area (Å²) in [6, 6.07) is 9.92. The molecule has 3 N–H and O–H groups in total. The fourth-order valence-electron chi connectivity index (χ4n) is 3.14. The van der Waals surface area contributed by atoms with Crippen molar-refractivity contribution in [2.75, 3.05) is 16.5 Å². The van der Waals surface area contributed by atoms with Crippen molar-refractivity contribution in [2.24, 2.45) is 0 Å². The highest BCUT2D eigenvalue weighted by Crippen LogP contribution is 2.34. The number of anilines is 2. The number of alkyl halides is 3. The summed E-state index contributed by atoms with van der Waals surface area (Å²) in [6.07, 6.45) is -4.49. The number of carbonyl (C=O) groups is 2. The van der Waals surface area contributed by atoms with Crippen LogP contribution in [0.4, 0.5) is 24.0 Å². The van der Waals surface area contributed by atoms with Gasteiger partial charge in [-0.2, -0.15) is 13.2 Å². The number of halogens is 3. The van der Waals surface area contributed by atoms with Crippen molar-refractivity contribution in [3.8, 4) is 0 Å². The second kappa shape index (κ2) is 8.71. The van der Waals surface area contributed by atoms with Gasteiger partial charge in [0.1, 0.15) is 5.70 Å². The molecule has 0 saturated carbocycles. The van der Waals surface area contributed by atoms with Gasteiger partial charge < -0.3 is 16.0 Å². The summed E-state index contributed by atoms with van der Waals surface area (Å²) in [4.78, 5) is 29.6. The predicted octanol–water partition coefficient (Wildman–Crippen LogP) is 5.31. The maximum absolute atomic E-state index is 13.1. The van der Waals surface area contributed by atoms with E-state index >= 15 is 0 Å². The first-order chi connectivity index (χ1) is 15.5. The number of nitrogens with zero attached hydrogens (tertiary/aromatic N) is 1. The van der Waals surface area contributed by atoms with E-state index in [0.29, 0.717) is 27.9 Å². The molecule has 0 radical (unpaired) electrons. The third kappa shape index (κ3) is 4.98. The van der Waals surface area contributed by atoms with E-state index in [1.165, 1.54) is 35.2 Å². The third-order valence-corrected chi connectivity index (χ3v) is 6.78. The number of hydrogen-bond donors (Lipinski definition) is 3. The number of thiazole rings is 1. The lowest BCUT2D eigenvalue weighted by atomic mass is 9.83. The van der Waals surface area contributed by atoms with Gasteiger partial charge in [-0.05, 0) is 43.7 Å². The van der Waals surface area contributed by atoms with E-state index in [4.69, 9.17) is 0 Å². The number of benzene rings is 2. The first kappa shape index (κ1) is 23.1. The van der Waals surface area contributed by atoms with Crippen LogP contribution in [-0.4, -0.2) is 22.7 Å². The van der Waals surface area contributed by atoms with Crippen molar-refractivity contribution in [3.05, 3.63) is 64.7 Å². The molecular formula is C22H19F3N4O2S2. The standard InChI is InChI=1S/C22H19F3N4O2S2/c1-21(2,12-4-3-5-13(8-12)22(23,24)25)19(31)29-20-28-15-7-6-14(9-17(15)33-20)27-18(30)16-10-32-11-26-16/h3-10,26H,11H2,1-2H3,(H,27,30)(H,28,29,31). The van der Waals surface area contributed by atoms with Crippen LogP contribution in [0, 0.1) is 0 Å². The van der Waals surface area contributed by atoms with Gasteiger partial charge in [-0.15, -0.1) is 11.8 Å². The third-order valence-electron chi connectivity index (χ3n) is 5.14.